The predicted molar refractivity (Wildman–Crippen MR) is 75.5 cm³/mol. The van der Waals surface area contributed by atoms with E-state index in [1.165, 1.54) is 0 Å². The topological polar surface area (TPSA) is 59.2 Å². The molecule has 0 spiro atoms. The molecule has 0 radical (unpaired) electrons. The van der Waals surface area contributed by atoms with E-state index in [9.17, 15) is 4.79 Å². The zero-order valence-electron chi connectivity index (χ0n) is 11.8. The molecule has 2 N–H and O–H groups in total. The van der Waals surface area contributed by atoms with E-state index in [1.807, 2.05) is 30.2 Å². The second kappa shape index (κ2) is 6.15. The van der Waals surface area contributed by atoms with Gasteiger partial charge in [-0.05, 0) is 37.8 Å². The van der Waals surface area contributed by atoms with Crippen molar-refractivity contribution in [1.82, 2.24) is 9.88 Å². The lowest BCUT2D eigenvalue weighted by atomic mass is 9.97. The van der Waals surface area contributed by atoms with Gasteiger partial charge in [0.15, 0.2) is 0 Å². The van der Waals surface area contributed by atoms with E-state index < -0.39 is 0 Å². The summed E-state index contributed by atoms with van der Waals surface area (Å²) < 4.78 is 0. The predicted octanol–water partition coefficient (Wildman–Crippen LogP) is 2.18. The Morgan fingerprint density at radius 1 is 1.47 bits per heavy atom. The van der Waals surface area contributed by atoms with Crippen LogP contribution in [0.5, 0.6) is 0 Å². The van der Waals surface area contributed by atoms with Crippen LogP contribution in [-0.4, -0.2) is 28.4 Å². The van der Waals surface area contributed by atoms with Gasteiger partial charge in [-0.1, -0.05) is 13.0 Å². The van der Waals surface area contributed by atoms with E-state index in [0.717, 1.165) is 37.1 Å². The van der Waals surface area contributed by atoms with Gasteiger partial charge in [0.2, 0.25) is 5.91 Å². The second-order valence-corrected chi connectivity index (χ2v) is 5.32. The molecule has 1 aromatic heterocycles. The van der Waals surface area contributed by atoms with E-state index in [0.29, 0.717) is 6.42 Å². The van der Waals surface area contributed by atoms with Crippen molar-refractivity contribution >= 4 is 5.91 Å². The second-order valence-electron chi connectivity index (χ2n) is 5.32. The van der Waals surface area contributed by atoms with Crippen LogP contribution < -0.4 is 5.73 Å². The summed E-state index contributed by atoms with van der Waals surface area (Å²) in [6.07, 6.45) is 5.21. The molecule has 1 amide bonds. The highest BCUT2D eigenvalue weighted by Crippen LogP contribution is 2.29. The van der Waals surface area contributed by atoms with E-state index in [2.05, 4.69) is 11.9 Å². The molecule has 1 aromatic rings. The molecule has 2 atom stereocenters. The van der Waals surface area contributed by atoms with Gasteiger partial charge in [0.05, 0.1) is 6.04 Å². The molecule has 0 saturated carbocycles. The number of aromatic nitrogens is 1. The highest BCUT2D eigenvalue weighted by molar-refractivity contribution is 5.77. The monoisotopic (exact) mass is 261 g/mol. The molecular weight excluding hydrogens is 238 g/mol. The SMILES string of the molecule is CCCN1C(=O)CCCC(N)C1c1ccc(C)nc1. The maximum Gasteiger partial charge on any atom is 0.223 e. The molecule has 2 rings (SSSR count). The molecule has 4 heteroatoms. The summed E-state index contributed by atoms with van der Waals surface area (Å²) in [7, 11) is 0. The maximum absolute atomic E-state index is 12.3. The summed E-state index contributed by atoms with van der Waals surface area (Å²) in [5, 5.41) is 0. The van der Waals surface area contributed by atoms with Crippen molar-refractivity contribution in [3.05, 3.63) is 29.6 Å². The Morgan fingerprint density at radius 3 is 2.89 bits per heavy atom. The van der Waals surface area contributed by atoms with Gasteiger partial charge >= 0.3 is 0 Å². The summed E-state index contributed by atoms with van der Waals surface area (Å²) in [6, 6.07) is 4.01. The van der Waals surface area contributed by atoms with Crippen LogP contribution in [-0.2, 0) is 4.79 Å². The van der Waals surface area contributed by atoms with Crippen LogP contribution in [0.1, 0.15) is 49.9 Å². The number of nitrogens with two attached hydrogens (primary N) is 1. The highest BCUT2D eigenvalue weighted by atomic mass is 16.2. The number of pyridine rings is 1. The van der Waals surface area contributed by atoms with Crippen LogP contribution in [0.15, 0.2) is 18.3 Å². The van der Waals surface area contributed by atoms with Crippen LogP contribution in [0.2, 0.25) is 0 Å². The number of amides is 1. The lowest BCUT2D eigenvalue weighted by Gasteiger charge is -2.33. The maximum atomic E-state index is 12.3. The van der Waals surface area contributed by atoms with E-state index in [-0.39, 0.29) is 18.0 Å². The first-order valence-electron chi connectivity index (χ1n) is 7.11. The Labute approximate surface area is 115 Å². The lowest BCUT2D eigenvalue weighted by Crippen LogP contribution is -2.42. The molecule has 2 unspecified atom stereocenters. The molecule has 4 nitrogen and oxygen atoms in total. The van der Waals surface area contributed by atoms with Crippen molar-refractivity contribution in [2.45, 2.75) is 51.6 Å². The number of carbonyl (C=O) groups is 1. The third-order valence-electron chi connectivity index (χ3n) is 3.73. The number of rotatable bonds is 3. The molecule has 1 fully saturated rings. The minimum atomic E-state index is -0.0250. The third kappa shape index (κ3) is 3.13. The number of aryl methyl sites for hydroxylation is 1. The fourth-order valence-corrected chi connectivity index (χ4v) is 2.76. The first-order valence-corrected chi connectivity index (χ1v) is 7.11. The molecule has 1 aliphatic rings. The number of hydrogen-bond acceptors (Lipinski definition) is 3. The van der Waals surface area contributed by atoms with Crippen LogP contribution in [0.4, 0.5) is 0 Å². The summed E-state index contributed by atoms with van der Waals surface area (Å²) in [6.45, 7) is 4.82. The first-order chi connectivity index (χ1) is 9.13. The smallest absolute Gasteiger partial charge is 0.223 e. The molecule has 0 bridgehead atoms. The first kappa shape index (κ1) is 14.0. The summed E-state index contributed by atoms with van der Waals surface area (Å²) in [5.41, 5.74) is 8.35. The Balaban J connectivity index is 2.34. The number of hydrogen-bond donors (Lipinski definition) is 1. The average molecular weight is 261 g/mol. The Hall–Kier alpha value is -1.42. The molecule has 0 aromatic carbocycles. The van der Waals surface area contributed by atoms with Gasteiger partial charge in [0, 0.05) is 30.9 Å². The summed E-state index contributed by atoms with van der Waals surface area (Å²) >= 11 is 0. The zero-order chi connectivity index (χ0) is 13.8. The van der Waals surface area contributed by atoms with Crippen molar-refractivity contribution < 1.29 is 4.79 Å². The fourth-order valence-electron chi connectivity index (χ4n) is 2.76. The Kier molecular flexibility index (Phi) is 4.53. The molecule has 1 aliphatic heterocycles. The fraction of sp³-hybridized carbons (Fsp3) is 0.600. The summed E-state index contributed by atoms with van der Waals surface area (Å²) in [4.78, 5) is 18.5. The third-order valence-corrected chi connectivity index (χ3v) is 3.73. The number of nitrogens with zero attached hydrogens (tertiary/aromatic N) is 2. The van der Waals surface area contributed by atoms with Crippen molar-refractivity contribution in [3.8, 4) is 0 Å². The van der Waals surface area contributed by atoms with Crippen LogP contribution in [0.3, 0.4) is 0 Å². The van der Waals surface area contributed by atoms with Crippen molar-refractivity contribution in [2.75, 3.05) is 6.54 Å². The largest absolute Gasteiger partial charge is 0.334 e. The van der Waals surface area contributed by atoms with Gasteiger partial charge in [-0.25, -0.2) is 0 Å². The number of carbonyl (C=O) groups excluding carboxylic acids is 1. The zero-order valence-corrected chi connectivity index (χ0v) is 11.8. The van der Waals surface area contributed by atoms with Crippen molar-refractivity contribution in [1.29, 1.82) is 0 Å². The Bertz CT molecular complexity index is 430. The van der Waals surface area contributed by atoms with E-state index in [1.54, 1.807) is 0 Å². The van der Waals surface area contributed by atoms with Gasteiger partial charge in [-0.2, -0.15) is 0 Å². The highest BCUT2D eigenvalue weighted by Gasteiger charge is 2.32. The number of likely N-dealkylation sites (tertiary alicyclic amines) is 1. The normalized spacial score (nSPS) is 24.4. The van der Waals surface area contributed by atoms with Crippen molar-refractivity contribution in [2.24, 2.45) is 5.73 Å². The minimum Gasteiger partial charge on any atom is -0.334 e. The van der Waals surface area contributed by atoms with Crippen molar-refractivity contribution in [3.63, 3.8) is 0 Å². The molecular formula is C15H23N3O. The van der Waals surface area contributed by atoms with Gasteiger partial charge in [0.25, 0.3) is 0 Å². The molecule has 104 valence electrons. The average Bonchev–Trinajstić information content (AvgIpc) is 2.52. The van der Waals surface area contributed by atoms with E-state index >= 15 is 0 Å². The van der Waals surface area contributed by atoms with Crippen LogP contribution in [0.25, 0.3) is 0 Å². The Morgan fingerprint density at radius 2 is 2.26 bits per heavy atom. The minimum absolute atomic E-state index is 0.00232. The standard InChI is InChI=1S/C15H23N3O/c1-3-9-18-14(19)6-4-5-13(16)15(18)12-8-7-11(2)17-10-12/h7-8,10,13,15H,3-6,9,16H2,1-2H3. The molecule has 19 heavy (non-hydrogen) atoms. The van der Waals surface area contributed by atoms with Gasteiger partial charge in [0.1, 0.15) is 0 Å². The van der Waals surface area contributed by atoms with Gasteiger partial charge < -0.3 is 10.6 Å². The molecule has 0 aliphatic carbocycles. The van der Waals surface area contributed by atoms with Crippen LogP contribution >= 0.6 is 0 Å². The van der Waals surface area contributed by atoms with Gasteiger partial charge in [-0.15, -0.1) is 0 Å². The van der Waals surface area contributed by atoms with Gasteiger partial charge in [-0.3, -0.25) is 9.78 Å². The molecule has 2 heterocycles. The van der Waals surface area contributed by atoms with Crippen LogP contribution in [0, 0.1) is 6.92 Å². The quantitative estimate of drug-likeness (QED) is 0.907. The molecule has 1 saturated heterocycles. The lowest BCUT2D eigenvalue weighted by molar-refractivity contribution is -0.133. The summed E-state index contributed by atoms with van der Waals surface area (Å²) in [5.74, 6) is 0.223. The van der Waals surface area contributed by atoms with E-state index in [4.69, 9.17) is 5.73 Å².